The molecule has 7 nitrogen and oxygen atoms in total. The summed E-state index contributed by atoms with van der Waals surface area (Å²) in [6.45, 7) is 0. The molecule has 20 heavy (non-hydrogen) atoms. The minimum Gasteiger partial charge on any atom is -0.465 e. The molecule has 2 atom stereocenters. The molecular formula is C10H12F2N2O5S. The van der Waals surface area contributed by atoms with Crippen molar-refractivity contribution in [3.8, 4) is 0 Å². The molecule has 2 aliphatic carbocycles. The van der Waals surface area contributed by atoms with Crippen LogP contribution < -0.4 is 10.0 Å². The number of carbonyl (C=O) groups is 2. The van der Waals surface area contributed by atoms with Crippen molar-refractivity contribution < 1.29 is 31.9 Å². The lowest BCUT2D eigenvalue weighted by molar-refractivity contribution is -0.122. The van der Waals surface area contributed by atoms with Crippen LogP contribution in [0.5, 0.6) is 0 Å². The lowest BCUT2D eigenvalue weighted by Gasteiger charge is -2.16. The minimum absolute atomic E-state index is 0.206. The third-order valence-electron chi connectivity index (χ3n) is 3.28. The van der Waals surface area contributed by atoms with Gasteiger partial charge >= 0.3 is 6.09 Å². The summed E-state index contributed by atoms with van der Waals surface area (Å²) in [5.41, 5.74) is -1.84. The highest BCUT2D eigenvalue weighted by atomic mass is 32.2. The molecule has 0 spiro atoms. The molecule has 0 aromatic heterocycles. The Bertz CT molecular complexity index is 582. The Balaban J connectivity index is 2.14. The van der Waals surface area contributed by atoms with Crippen LogP contribution in [0.4, 0.5) is 13.6 Å². The summed E-state index contributed by atoms with van der Waals surface area (Å²) in [6.07, 6.45) is -2.56. The number of amides is 2. The van der Waals surface area contributed by atoms with Crippen LogP contribution in [0.3, 0.4) is 0 Å². The van der Waals surface area contributed by atoms with Crippen molar-refractivity contribution in [1.82, 2.24) is 10.0 Å². The molecule has 10 heteroatoms. The molecule has 0 aliphatic heterocycles. The Kier molecular flexibility index (Phi) is 3.44. The molecule has 3 N–H and O–H groups in total. The standard InChI is InChI=1S/C10H12F2N2O5S/c11-7(12)3-5-4-10(5,13-9(16)17)8(15)14-20(18,19)6-1-2-6/h3,5-6,13H,1-2,4H2,(H,14,15)(H,16,17)/t5-,10-/m1/s1. The second-order valence-corrected chi connectivity index (χ2v) is 6.80. The molecule has 0 aromatic carbocycles. The van der Waals surface area contributed by atoms with Gasteiger partial charge in [0.05, 0.1) is 5.25 Å². The number of carbonyl (C=O) groups excluding carboxylic acids is 1. The van der Waals surface area contributed by atoms with E-state index in [1.165, 1.54) is 0 Å². The molecule has 0 bridgehead atoms. The first-order valence-corrected chi connectivity index (χ1v) is 7.32. The van der Waals surface area contributed by atoms with Gasteiger partial charge in [0, 0.05) is 5.92 Å². The predicted octanol–water partition coefficient (Wildman–Crippen LogP) is 0.401. The second-order valence-electron chi connectivity index (χ2n) is 4.84. The number of carboxylic acid groups (broad SMARTS) is 1. The lowest BCUT2D eigenvalue weighted by atomic mass is 10.2. The topological polar surface area (TPSA) is 113 Å². The lowest BCUT2D eigenvalue weighted by Crippen LogP contribution is -2.52. The van der Waals surface area contributed by atoms with Gasteiger partial charge in [-0.15, -0.1) is 0 Å². The van der Waals surface area contributed by atoms with Gasteiger partial charge in [0.25, 0.3) is 12.0 Å². The molecule has 2 fully saturated rings. The fourth-order valence-corrected chi connectivity index (χ4v) is 3.34. The SMILES string of the molecule is O=C(O)N[C@]1(C(=O)NS(=O)(=O)C2CC2)C[C@H]1C=C(F)F. The molecule has 2 rings (SSSR count). The van der Waals surface area contributed by atoms with Gasteiger partial charge < -0.3 is 10.4 Å². The maximum Gasteiger partial charge on any atom is 0.405 e. The number of sulfonamides is 1. The highest BCUT2D eigenvalue weighted by molar-refractivity contribution is 7.90. The molecule has 0 heterocycles. The number of hydrogen-bond donors (Lipinski definition) is 3. The van der Waals surface area contributed by atoms with E-state index < -0.39 is 44.8 Å². The van der Waals surface area contributed by atoms with E-state index in [1.807, 2.05) is 5.32 Å². The number of hydrogen-bond acceptors (Lipinski definition) is 4. The van der Waals surface area contributed by atoms with Gasteiger partial charge in [-0.2, -0.15) is 8.78 Å². The Morgan fingerprint density at radius 1 is 1.30 bits per heavy atom. The van der Waals surface area contributed by atoms with Crippen LogP contribution in [0.2, 0.25) is 0 Å². The largest absolute Gasteiger partial charge is 0.465 e. The Morgan fingerprint density at radius 3 is 2.35 bits per heavy atom. The molecule has 2 aliphatic rings. The van der Waals surface area contributed by atoms with Crippen molar-refractivity contribution in [2.45, 2.75) is 30.1 Å². The first-order valence-electron chi connectivity index (χ1n) is 5.77. The fourth-order valence-electron chi connectivity index (χ4n) is 1.98. The minimum atomic E-state index is -3.86. The summed E-state index contributed by atoms with van der Waals surface area (Å²) in [7, 11) is -3.86. The third kappa shape index (κ3) is 2.89. The summed E-state index contributed by atoms with van der Waals surface area (Å²) in [5.74, 6) is -2.17. The molecule has 0 saturated heterocycles. The Morgan fingerprint density at radius 2 is 1.90 bits per heavy atom. The monoisotopic (exact) mass is 310 g/mol. The fraction of sp³-hybridized carbons (Fsp3) is 0.600. The Hall–Kier alpha value is -1.71. The Labute approximate surface area is 113 Å². The van der Waals surface area contributed by atoms with E-state index in [0.717, 1.165) is 0 Å². The van der Waals surface area contributed by atoms with Gasteiger partial charge in [-0.3, -0.25) is 9.52 Å². The number of halogens is 2. The summed E-state index contributed by atoms with van der Waals surface area (Å²) >= 11 is 0. The zero-order chi connectivity index (χ0) is 15.1. The number of nitrogens with one attached hydrogen (secondary N) is 2. The molecule has 0 aromatic rings. The number of rotatable bonds is 5. The van der Waals surface area contributed by atoms with Crippen molar-refractivity contribution in [2.24, 2.45) is 5.92 Å². The molecule has 0 unspecified atom stereocenters. The van der Waals surface area contributed by atoms with E-state index in [0.29, 0.717) is 18.9 Å². The summed E-state index contributed by atoms with van der Waals surface area (Å²) in [4.78, 5) is 22.6. The van der Waals surface area contributed by atoms with E-state index in [-0.39, 0.29) is 6.42 Å². The summed E-state index contributed by atoms with van der Waals surface area (Å²) in [5, 5.41) is 9.82. The molecular weight excluding hydrogens is 298 g/mol. The molecule has 2 saturated carbocycles. The van der Waals surface area contributed by atoms with E-state index in [9.17, 15) is 26.8 Å². The third-order valence-corrected chi connectivity index (χ3v) is 5.09. The van der Waals surface area contributed by atoms with Gasteiger partial charge in [0.2, 0.25) is 10.0 Å². The normalized spacial score (nSPS) is 28.4. The van der Waals surface area contributed by atoms with Crippen LogP contribution >= 0.6 is 0 Å². The first kappa shape index (κ1) is 14.7. The van der Waals surface area contributed by atoms with Gasteiger partial charge in [-0.25, -0.2) is 13.2 Å². The van der Waals surface area contributed by atoms with Gasteiger partial charge in [0.1, 0.15) is 5.54 Å². The zero-order valence-electron chi connectivity index (χ0n) is 10.1. The van der Waals surface area contributed by atoms with Crippen LogP contribution in [-0.4, -0.2) is 36.3 Å². The van der Waals surface area contributed by atoms with Crippen molar-refractivity contribution in [2.75, 3.05) is 0 Å². The van der Waals surface area contributed by atoms with Crippen LogP contribution in [-0.2, 0) is 14.8 Å². The van der Waals surface area contributed by atoms with Crippen LogP contribution in [0.15, 0.2) is 12.2 Å². The summed E-state index contributed by atoms with van der Waals surface area (Å²) < 4.78 is 49.4. The average Bonchev–Trinajstić information content (AvgIpc) is 3.10. The smallest absolute Gasteiger partial charge is 0.405 e. The van der Waals surface area contributed by atoms with Crippen LogP contribution in [0.1, 0.15) is 19.3 Å². The molecule has 112 valence electrons. The van der Waals surface area contributed by atoms with Crippen LogP contribution in [0.25, 0.3) is 0 Å². The highest BCUT2D eigenvalue weighted by Gasteiger charge is 2.62. The summed E-state index contributed by atoms with van der Waals surface area (Å²) in [6, 6.07) is 0. The molecule has 0 radical (unpaired) electrons. The van der Waals surface area contributed by atoms with E-state index in [1.54, 1.807) is 4.72 Å². The van der Waals surface area contributed by atoms with Crippen molar-refractivity contribution in [1.29, 1.82) is 0 Å². The van der Waals surface area contributed by atoms with Gasteiger partial charge in [-0.05, 0) is 25.3 Å². The highest BCUT2D eigenvalue weighted by Crippen LogP contribution is 2.46. The van der Waals surface area contributed by atoms with Gasteiger partial charge in [-0.1, -0.05) is 0 Å². The van der Waals surface area contributed by atoms with Crippen LogP contribution in [0, 0.1) is 5.92 Å². The van der Waals surface area contributed by atoms with E-state index >= 15 is 0 Å². The zero-order valence-corrected chi connectivity index (χ0v) is 10.9. The van der Waals surface area contributed by atoms with Crippen molar-refractivity contribution in [3.63, 3.8) is 0 Å². The van der Waals surface area contributed by atoms with Gasteiger partial charge in [0.15, 0.2) is 0 Å². The molecule has 2 amide bonds. The predicted molar refractivity (Wildman–Crippen MR) is 62.4 cm³/mol. The quantitative estimate of drug-likeness (QED) is 0.680. The van der Waals surface area contributed by atoms with E-state index in [2.05, 4.69) is 0 Å². The second kappa shape index (κ2) is 4.69. The van der Waals surface area contributed by atoms with E-state index in [4.69, 9.17) is 5.11 Å². The van der Waals surface area contributed by atoms with Crippen molar-refractivity contribution >= 4 is 22.0 Å². The van der Waals surface area contributed by atoms with Crippen molar-refractivity contribution in [3.05, 3.63) is 12.2 Å². The average molecular weight is 310 g/mol. The maximum absolute atomic E-state index is 12.2. The first-order chi connectivity index (χ1) is 9.17. The maximum atomic E-state index is 12.2.